The molecule has 3 rings (SSSR count). The lowest BCUT2D eigenvalue weighted by Crippen LogP contribution is -2.34. The number of amides is 1. The van der Waals surface area contributed by atoms with Crippen LogP contribution < -0.4 is 14.8 Å². The summed E-state index contributed by atoms with van der Waals surface area (Å²) in [4.78, 5) is 12.7. The van der Waals surface area contributed by atoms with Gasteiger partial charge in [0.2, 0.25) is 15.9 Å². The number of hydrogen-bond acceptors (Lipinski definition) is 4. The molecule has 6 nitrogen and oxygen atoms in total. The van der Waals surface area contributed by atoms with Gasteiger partial charge in [-0.25, -0.2) is 13.1 Å². The zero-order valence-corrected chi connectivity index (χ0v) is 16.8. The zero-order chi connectivity index (χ0) is 20.0. The van der Waals surface area contributed by atoms with Gasteiger partial charge in [0.05, 0.1) is 11.5 Å². The summed E-state index contributed by atoms with van der Waals surface area (Å²) in [5, 5.41) is 2.92. The summed E-state index contributed by atoms with van der Waals surface area (Å²) in [6.45, 7) is 3.12. The van der Waals surface area contributed by atoms with Crippen molar-refractivity contribution in [1.82, 2.24) is 10.0 Å². The minimum absolute atomic E-state index is 0.0123. The minimum Gasteiger partial charge on any atom is -0.493 e. The van der Waals surface area contributed by atoms with Crippen LogP contribution in [0.1, 0.15) is 24.0 Å². The normalized spacial score (nSPS) is 16.5. The van der Waals surface area contributed by atoms with E-state index in [0.29, 0.717) is 32.4 Å². The van der Waals surface area contributed by atoms with E-state index in [-0.39, 0.29) is 23.3 Å². The first-order valence-corrected chi connectivity index (χ1v) is 11.0. The summed E-state index contributed by atoms with van der Waals surface area (Å²) in [7, 11) is -3.52. The van der Waals surface area contributed by atoms with Crippen molar-refractivity contribution in [3.05, 3.63) is 59.7 Å². The molecule has 7 heteroatoms. The fourth-order valence-corrected chi connectivity index (χ4v) is 4.24. The first-order chi connectivity index (χ1) is 13.5. The van der Waals surface area contributed by atoms with E-state index in [2.05, 4.69) is 10.0 Å². The summed E-state index contributed by atoms with van der Waals surface area (Å²) in [6.07, 6.45) is 1.85. The van der Waals surface area contributed by atoms with E-state index in [1.165, 1.54) is 0 Å². The number of hydrogen-bond donors (Lipinski definition) is 2. The van der Waals surface area contributed by atoms with Gasteiger partial charge < -0.3 is 10.1 Å². The van der Waals surface area contributed by atoms with Gasteiger partial charge in [-0.2, -0.15) is 0 Å². The number of aryl methyl sites for hydroxylation is 1. The number of fused-ring (bicyclic) bond motifs is 1. The maximum absolute atomic E-state index is 12.5. The molecule has 2 aromatic carbocycles. The summed E-state index contributed by atoms with van der Waals surface area (Å²) in [5.74, 6) is 0.706. The van der Waals surface area contributed by atoms with Gasteiger partial charge in [0.1, 0.15) is 5.75 Å². The van der Waals surface area contributed by atoms with Crippen LogP contribution in [0, 0.1) is 12.8 Å². The van der Waals surface area contributed by atoms with E-state index in [4.69, 9.17) is 4.74 Å². The molecule has 0 aromatic heterocycles. The Morgan fingerprint density at radius 1 is 1.11 bits per heavy atom. The molecule has 1 aliphatic heterocycles. The first-order valence-electron chi connectivity index (χ1n) is 9.50. The molecule has 28 heavy (non-hydrogen) atoms. The van der Waals surface area contributed by atoms with Gasteiger partial charge in [-0.05, 0) is 49.9 Å². The van der Waals surface area contributed by atoms with Crippen LogP contribution in [0.3, 0.4) is 0 Å². The number of carbonyl (C=O) groups is 1. The van der Waals surface area contributed by atoms with Gasteiger partial charge in [0.15, 0.2) is 0 Å². The Kier molecular flexibility index (Phi) is 6.70. The second-order valence-corrected chi connectivity index (χ2v) is 8.77. The molecule has 1 amide bonds. The van der Waals surface area contributed by atoms with E-state index >= 15 is 0 Å². The van der Waals surface area contributed by atoms with Crippen LogP contribution >= 0.6 is 0 Å². The van der Waals surface area contributed by atoms with Crippen molar-refractivity contribution in [2.75, 3.05) is 19.7 Å². The summed E-state index contributed by atoms with van der Waals surface area (Å²) in [5.41, 5.74) is 2.05. The van der Waals surface area contributed by atoms with Crippen molar-refractivity contribution in [3.8, 4) is 5.75 Å². The average Bonchev–Trinajstić information content (AvgIpc) is 2.90. The first kappa shape index (κ1) is 20.4. The smallest absolute Gasteiger partial charge is 0.240 e. The molecule has 2 aromatic rings. The van der Waals surface area contributed by atoms with Gasteiger partial charge in [-0.3, -0.25) is 4.79 Å². The molecule has 0 bridgehead atoms. The maximum atomic E-state index is 12.5. The third-order valence-electron chi connectivity index (χ3n) is 4.81. The maximum Gasteiger partial charge on any atom is 0.240 e. The van der Waals surface area contributed by atoms with Crippen LogP contribution in [-0.4, -0.2) is 34.0 Å². The van der Waals surface area contributed by atoms with Gasteiger partial charge in [0, 0.05) is 19.0 Å². The number of nitrogens with one attached hydrogen (secondary N) is 2. The molecule has 0 aliphatic carbocycles. The molecule has 150 valence electrons. The van der Waals surface area contributed by atoms with Gasteiger partial charge >= 0.3 is 0 Å². The highest BCUT2D eigenvalue weighted by Gasteiger charge is 2.23. The standard InChI is InChI=1S/C21H26N2O4S/c1-16-7-9-19(10-8-16)28(25,26)23-13-4-12-22-21(24)18-11-14-27-20-6-3-2-5-17(20)15-18/h2-3,5-10,18,23H,4,11-15H2,1H3,(H,22,24)/t18-/m0/s1. The van der Waals surface area contributed by atoms with Crippen LogP contribution in [-0.2, 0) is 21.2 Å². The van der Waals surface area contributed by atoms with Crippen LogP contribution in [0.5, 0.6) is 5.75 Å². The molecule has 1 aliphatic rings. The molecular formula is C21H26N2O4S. The fourth-order valence-electron chi connectivity index (χ4n) is 3.17. The quantitative estimate of drug-likeness (QED) is 0.697. The van der Waals surface area contributed by atoms with E-state index < -0.39 is 10.0 Å². The van der Waals surface area contributed by atoms with Crippen LogP contribution in [0.25, 0.3) is 0 Å². The third kappa shape index (κ3) is 5.33. The molecule has 2 N–H and O–H groups in total. The minimum atomic E-state index is -3.52. The zero-order valence-electron chi connectivity index (χ0n) is 16.0. The number of benzene rings is 2. The third-order valence-corrected chi connectivity index (χ3v) is 6.29. The van der Waals surface area contributed by atoms with E-state index in [0.717, 1.165) is 16.9 Å². The number of sulfonamides is 1. The Morgan fingerprint density at radius 3 is 2.64 bits per heavy atom. The van der Waals surface area contributed by atoms with E-state index in [1.54, 1.807) is 24.3 Å². The lowest BCUT2D eigenvalue weighted by Gasteiger charge is -2.14. The Balaban J connectivity index is 1.42. The summed E-state index contributed by atoms with van der Waals surface area (Å²) < 4.78 is 32.7. The van der Waals surface area contributed by atoms with Crippen molar-refractivity contribution < 1.29 is 17.9 Å². The van der Waals surface area contributed by atoms with Crippen LogP contribution in [0.2, 0.25) is 0 Å². The number of para-hydroxylation sites is 1. The molecule has 0 radical (unpaired) electrons. The van der Waals surface area contributed by atoms with Crippen LogP contribution in [0.4, 0.5) is 0 Å². The highest BCUT2D eigenvalue weighted by Crippen LogP contribution is 2.26. The average molecular weight is 403 g/mol. The van der Waals surface area contributed by atoms with Crippen molar-refractivity contribution in [2.24, 2.45) is 5.92 Å². The second-order valence-electron chi connectivity index (χ2n) is 7.00. The van der Waals surface area contributed by atoms with Crippen molar-refractivity contribution in [1.29, 1.82) is 0 Å². The Hall–Kier alpha value is -2.38. The lowest BCUT2D eigenvalue weighted by atomic mass is 9.96. The monoisotopic (exact) mass is 402 g/mol. The molecule has 0 fully saturated rings. The second kappa shape index (κ2) is 9.21. The van der Waals surface area contributed by atoms with Gasteiger partial charge in [-0.1, -0.05) is 35.9 Å². The number of rotatable bonds is 7. The van der Waals surface area contributed by atoms with Crippen molar-refractivity contribution in [2.45, 2.75) is 31.1 Å². The van der Waals surface area contributed by atoms with Gasteiger partial charge in [0.25, 0.3) is 0 Å². The Morgan fingerprint density at radius 2 is 1.86 bits per heavy atom. The topological polar surface area (TPSA) is 84.5 Å². The highest BCUT2D eigenvalue weighted by atomic mass is 32.2. The number of ether oxygens (including phenoxy) is 1. The van der Waals surface area contributed by atoms with Crippen LogP contribution in [0.15, 0.2) is 53.4 Å². The largest absolute Gasteiger partial charge is 0.493 e. The summed E-state index contributed by atoms with van der Waals surface area (Å²) >= 11 is 0. The SMILES string of the molecule is Cc1ccc(S(=O)(=O)NCCCNC(=O)[C@H]2CCOc3ccccc3C2)cc1. The molecule has 1 heterocycles. The number of carbonyl (C=O) groups excluding carboxylic acids is 1. The predicted molar refractivity (Wildman–Crippen MR) is 108 cm³/mol. The van der Waals surface area contributed by atoms with Crippen molar-refractivity contribution >= 4 is 15.9 Å². The van der Waals surface area contributed by atoms with E-state index in [9.17, 15) is 13.2 Å². The molecule has 0 unspecified atom stereocenters. The molecule has 1 atom stereocenters. The van der Waals surface area contributed by atoms with Crippen molar-refractivity contribution in [3.63, 3.8) is 0 Å². The molecule has 0 saturated carbocycles. The summed E-state index contributed by atoms with van der Waals surface area (Å²) in [6, 6.07) is 14.5. The predicted octanol–water partition coefficient (Wildman–Crippen LogP) is 2.42. The van der Waals surface area contributed by atoms with Gasteiger partial charge in [-0.15, -0.1) is 0 Å². The Labute approximate surface area is 166 Å². The Bertz CT molecular complexity index is 910. The fraction of sp³-hybridized carbons (Fsp3) is 0.381. The molecule has 0 spiro atoms. The molecule has 0 saturated heterocycles. The van der Waals surface area contributed by atoms with E-state index in [1.807, 2.05) is 31.2 Å². The molecular weight excluding hydrogens is 376 g/mol. The highest BCUT2D eigenvalue weighted by molar-refractivity contribution is 7.89. The lowest BCUT2D eigenvalue weighted by molar-refractivity contribution is -0.125.